The van der Waals surface area contributed by atoms with Crippen LogP contribution in [0.2, 0.25) is 0 Å². The van der Waals surface area contributed by atoms with E-state index in [4.69, 9.17) is 10.8 Å². The van der Waals surface area contributed by atoms with Gasteiger partial charge in [0.2, 0.25) is 0 Å². The number of nitrogens with zero attached hydrogens (tertiary/aromatic N) is 3. The molecule has 1 amide bonds. The molecule has 20 heavy (non-hydrogen) atoms. The predicted molar refractivity (Wildman–Crippen MR) is 69.5 cm³/mol. The minimum Gasteiger partial charge on any atom is -0.478 e. The maximum atomic E-state index is 11.2. The van der Waals surface area contributed by atoms with Crippen molar-refractivity contribution >= 4 is 28.8 Å². The fourth-order valence-electron chi connectivity index (χ4n) is 1.78. The molecular weight excluding hydrogens is 266 g/mol. The van der Waals surface area contributed by atoms with Gasteiger partial charge in [-0.3, -0.25) is 4.68 Å². The number of pyridine rings is 1. The molecule has 4 N–H and O–H groups in total. The standard InChI is InChI=1S/C11H13N5O4/c1-16-9-6(5-15-16)8(7(4-14-9)10(17)18)13-2-3-20-11(12)19/h4-5H,2-3H2,1H3,(H2,12,19)(H,13,14)(H,17,18). The summed E-state index contributed by atoms with van der Waals surface area (Å²) >= 11 is 0. The summed E-state index contributed by atoms with van der Waals surface area (Å²) in [6.07, 6.45) is 1.89. The third-order valence-electron chi connectivity index (χ3n) is 2.64. The Balaban J connectivity index is 2.30. The molecule has 0 atom stereocenters. The highest BCUT2D eigenvalue weighted by atomic mass is 16.5. The van der Waals surface area contributed by atoms with E-state index in [0.29, 0.717) is 16.7 Å². The number of aromatic carboxylic acids is 1. The van der Waals surface area contributed by atoms with Crippen LogP contribution in [-0.4, -0.2) is 45.1 Å². The Kier molecular flexibility index (Phi) is 3.69. The molecule has 0 unspecified atom stereocenters. The van der Waals surface area contributed by atoms with Gasteiger partial charge in [-0.1, -0.05) is 0 Å². The average molecular weight is 279 g/mol. The number of carbonyl (C=O) groups excluding carboxylic acids is 1. The summed E-state index contributed by atoms with van der Waals surface area (Å²) in [7, 11) is 1.70. The van der Waals surface area contributed by atoms with E-state index in [2.05, 4.69) is 20.1 Å². The van der Waals surface area contributed by atoms with Crippen LogP contribution in [0.1, 0.15) is 10.4 Å². The molecule has 0 saturated heterocycles. The molecule has 2 aromatic heterocycles. The van der Waals surface area contributed by atoms with Crippen molar-refractivity contribution in [1.82, 2.24) is 14.8 Å². The Bertz CT molecular complexity index is 666. The van der Waals surface area contributed by atoms with Crippen molar-refractivity contribution in [3.63, 3.8) is 0 Å². The lowest BCUT2D eigenvalue weighted by Gasteiger charge is -2.10. The van der Waals surface area contributed by atoms with Gasteiger partial charge >= 0.3 is 12.1 Å². The van der Waals surface area contributed by atoms with Gasteiger partial charge < -0.3 is 20.9 Å². The van der Waals surface area contributed by atoms with Crippen molar-refractivity contribution in [3.05, 3.63) is 18.0 Å². The molecule has 2 rings (SSSR count). The molecule has 0 aromatic carbocycles. The minimum absolute atomic E-state index is 0.0181. The van der Waals surface area contributed by atoms with E-state index in [0.717, 1.165) is 0 Å². The van der Waals surface area contributed by atoms with Crippen molar-refractivity contribution in [2.45, 2.75) is 0 Å². The Morgan fingerprint density at radius 1 is 1.50 bits per heavy atom. The third-order valence-corrected chi connectivity index (χ3v) is 2.64. The van der Waals surface area contributed by atoms with Gasteiger partial charge in [0.25, 0.3) is 0 Å². The molecule has 0 aliphatic carbocycles. The number of amides is 1. The summed E-state index contributed by atoms with van der Waals surface area (Å²) in [6.45, 7) is 0.246. The highest BCUT2D eigenvalue weighted by Gasteiger charge is 2.16. The van der Waals surface area contributed by atoms with E-state index in [9.17, 15) is 9.59 Å². The van der Waals surface area contributed by atoms with Gasteiger partial charge in [-0.05, 0) is 0 Å². The van der Waals surface area contributed by atoms with Crippen molar-refractivity contribution in [2.75, 3.05) is 18.5 Å². The van der Waals surface area contributed by atoms with Crippen LogP contribution in [0.4, 0.5) is 10.5 Å². The molecule has 0 bridgehead atoms. The summed E-state index contributed by atoms with van der Waals surface area (Å²) in [5.41, 5.74) is 5.78. The zero-order chi connectivity index (χ0) is 14.7. The number of carboxylic acids is 1. The molecule has 0 aliphatic heterocycles. The molecular formula is C11H13N5O4. The number of carboxylic acid groups (broad SMARTS) is 1. The normalized spacial score (nSPS) is 10.4. The van der Waals surface area contributed by atoms with Gasteiger partial charge in [-0.2, -0.15) is 5.10 Å². The first kappa shape index (κ1) is 13.6. The number of anilines is 1. The molecule has 2 aromatic rings. The number of hydrogen-bond donors (Lipinski definition) is 3. The summed E-state index contributed by atoms with van der Waals surface area (Å²) in [4.78, 5) is 25.7. The number of aryl methyl sites for hydroxylation is 1. The molecule has 106 valence electrons. The summed E-state index contributed by atoms with van der Waals surface area (Å²) in [6, 6.07) is 0. The highest BCUT2D eigenvalue weighted by Crippen LogP contribution is 2.25. The van der Waals surface area contributed by atoms with E-state index < -0.39 is 12.1 Å². The van der Waals surface area contributed by atoms with Gasteiger partial charge in [0.05, 0.1) is 17.3 Å². The SMILES string of the molecule is Cn1ncc2c(NCCOC(N)=O)c(C(=O)O)cnc21. The van der Waals surface area contributed by atoms with Crippen LogP contribution < -0.4 is 11.1 Å². The predicted octanol–water partition coefficient (Wildman–Crippen LogP) is 0.174. The Morgan fingerprint density at radius 2 is 2.25 bits per heavy atom. The van der Waals surface area contributed by atoms with Crippen LogP contribution in [0.25, 0.3) is 11.0 Å². The lowest BCUT2D eigenvalue weighted by Crippen LogP contribution is -2.19. The largest absolute Gasteiger partial charge is 0.478 e. The molecule has 9 nitrogen and oxygen atoms in total. The highest BCUT2D eigenvalue weighted by molar-refractivity contribution is 6.03. The van der Waals surface area contributed by atoms with Gasteiger partial charge in [0, 0.05) is 19.8 Å². The van der Waals surface area contributed by atoms with Crippen molar-refractivity contribution < 1.29 is 19.4 Å². The summed E-state index contributed by atoms with van der Waals surface area (Å²) < 4.78 is 6.11. The quantitative estimate of drug-likeness (QED) is 0.664. The number of carbonyl (C=O) groups is 2. The van der Waals surface area contributed by atoms with E-state index in [1.54, 1.807) is 7.05 Å². The van der Waals surface area contributed by atoms with Crippen LogP contribution >= 0.6 is 0 Å². The summed E-state index contributed by atoms with van der Waals surface area (Å²) in [5.74, 6) is -1.11. The maximum absolute atomic E-state index is 11.2. The summed E-state index contributed by atoms with van der Waals surface area (Å²) in [5, 5.41) is 16.7. The number of nitrogens with one attached hydrogen (secondary N) is 1. The van der Waals surface area contributed by atoms with Crippen LogP contribution in [0.3, 0.4) is 0 Å². The number of aromatic nitrogens is 3. The average Bonchev–Trinajstić information content (AvgIpc) is 2.76. The first-order valence-electron chi connectivity index (χ1n) is 5.71. The zero-order valence-corrected chi connectivity index (χ0v) is 10.7. The minimum atomic E-state index is -1.11. The third kappa shape index (κ3) is 2.60. The van der Waals surface area contributed by atoms with Gasteiger partial charge in [0.1, 0.15) is 12.2 Å². The van der Waals surface area contributed by atoms with Crippen LogP contribution in [-0.2, 0) is 11.8 Å². The topological polar surface area (TPSA) is 132 Å². The number of hydrogen-bond acceptors (Lipinski definition) is 6. The van der Waals surface area contributed by atoms with E-state index >= 15 is 0 Å². The molecule has 0 fully saturated rings. The lowest BCUT2D eigenvalue weighted by atomic mass is 10.2. The van der Waals surface area contributed by atoms with Crippen molar-refractivity contribution in [2.24, 2.45) is 12.8 Å². The molecule has 0 saturated carbocycles. The molecule has 0 aliphatic rings. The first-order chi connectivity index (χ1) is 9.50. The van der Waals surface area contributed by atoms with E-state index in [1.807, 2.05) is 0 Å². The van der Waals surface area contributed by atoms with Gasteiger partial charge in [-0.25, -0.2) is 14.6 Å². The number of ether oxygens (including phenoxy) is 1. The lowest BCUT2D eigenvalue weighted by molar-refractivity contribution is 0.0697. The van der Waals surface area contributed by atoms with E-state index in [-0.39, 0.29) is 18.7 Å². The van der Waals surface area contributed by atoms with Crippen molar-refractivity contribution in [1.29, 1.82) is 0 Å². The van der Waals surface area contributed by atoms with E-state index in [1.165, 1.54) is 17.1 Å². The second kappa shape index (κ2) is 5.43. The smallest absolute Gasteiger partial charge is 0.404 e. The second-order valence-corrected chi connectivity index (χ2v) is 3.95. The van der Waals surface area contributed by atoms with Crippen molar-refractivity contribution in [3.8, 4) is 0 Å². The Hall–Kier alpha value is -2.84. The molecule has 0 spiro atoms. The molecule has 0 radical (unpaired) electrons. The number of rotatable bonds is 5. The number of nitrogens with two attached hydrogens (primary N) is 1. The van der Waals surface area contributed by atoms with Crippen LogP contribution in [0, 0.1) is 0 Å². The number of primary amides is 1. The zero-order valence-electron chi connectivity index (χ0n) is 10.7. The maximum Gasteiger partial charge on any atom is 0.404 e. The molecule has 2 heterocycles. The Morgan fingerprint density at radius 3 is 2.90 bits per heavy atom. The second-order valence-electron chi connectivity index (χ2n) is 3.95. The van der Waals surface area contributed by atoms with Crippen LogP contribution in [0.15, 0.2) is 12.4 Å². The van der Waals surface area contributed by atoms with Crippen LogP contribution in [0.5, 0.6) is 0 Å². The monoisotopic (exact) mass is 279 g/mol. The van der Waals surface area contributed by atoms with Gasteiger partial charge in [-0.15, -0.1) is 0 Å². The fourth-order valence-corrected chi connectivity index (χ4v) is 1.78. The fraction of sp³-hybridized carbons (Fsp3) is 0.273. The first-order valence-corrected chi connectivity index (χ1v) is 5.71. The number of fused-ring (bicyclic) bond motifs is 1. The van der Waals surface area contributed by atoms with Gasteiger partial charge in [0.15, 0.2) is 5.65 Å². The molecule has 9 heteroatoms. The Labute approximate surface area is 113 Å².